The first-order valence-corrected chi connectivity index (χ1v) is 19.4. The summed E-state index contributed by atoms with van der Waals surface area (Å²) in [5, 5.41) is 3.21. The lowest BCUT2D eigenvalue weighted by Crippen LogP contribution is -1.90. The summed E-state index contributed by atoms with van der Waals surface area (Å²) >= 11 is 22.0. The number of hydrogen-bond acceptors (Lipinski definition) is 8. The van der Waals surface area contributed by atoms with Gasteiger partial charge in [-0.3, -0.25) is 0 Å². The lowest BCUT2D eigenvalue weighted by Gasteiger charge is -2.07. The molecule has 8 bridgehead atoms. The van der Waals surface area contributed by atoms with Crippen molar-refractivity contribution in [3.63, 3.8) is 0 Å². The molecule has 2 N–H and O–H groups in total. The van der Waals surface area contributed by atoms with Crippen LogP contribution < -0.4 is 9.47 Å². The fraction of sp³-hybridized carbons (Fsp3) is 0.0588. The van der Waals surface area contributed by atoms with Crippen molar-refractivity contribution in [3.05, 3.63) is 75.4 Å². The van der Waals surface area contributed by atoms with E-state index in [1.165, 1.54) is 0 Å². The van der Waals surface area contributed by atoms with E-state index in [-0.39, 0.29) is 0 Å². The van der Waals surface area contributed by atoms with E-state index in [1.807, 2.05) is 48.5 Å². The summed E-state index contributed by atoms with van der Waals surface area (Å²) in [6.45, 7) is 0. The summed E-state index contributed by atoms with van der Waals surface area (Å²) in [4.78, 5) is 37.3. The Kier molecular flexibility index (Phi) is 7.93. The zero-order chi connectivity index (χ0) is 34.6. The van der Waals surface area contributed by atoms with Crippen LogP contribution in [0.1, 0.15) is 0 Å². The standard InChI is InChI=1S/C34H16Br6N8O2/c1-49-25-9-17-18(10-26(25)50-2)34-47-32-16-8-24(40)22(38)6-14(16)30(45-32)43-28-12-4-20(36)19(35)3-11(12)27(41-28)42-29-13-5-21(37)23(39)7-15(13)31(44-29)46-33(17)48-34/h3-10H,1-2H3,(H2,41,42,43,44,45,46,47,48). The zero-order valence-corrected chi connectivity index (χ0v) is 34.9. The van der Waals surface area contributed by atoms with E-state index in [4.69, 9.17) is 39.4 Å². The third-order valence-corrected chi connectivity index (χ3v) is 14.0. The van der Waals surface area contributed by atoms with Crippen LogP contribution in [-0.4, -0.2) is 54.1 Å². The number of nitrogens with one attached hydrogen (secondary N) is 2. The number of H-pyrrole nitrogens is 2. The molecule has 2 aliphatic heterocycles. The number of aromatic nitrogens is 8. The van der Waals surface area contributed by atoms with Crippen LogP contribution in [0.15, 0.2) is 75.4 Å². The Labute approximate surface area is 332 Å². The smallest absolute Gasteiger partial charge is 0.164 e. The normalized spacial score (nSPS) is 12.0. The van der Waals surface area contributed by atoms with Gasteiger partial charge in [0.15, 0.2) is 34.8 Å². The second-order valence-electron chi connectivity index (χ2n) is 11.3. The summed E-state index contributed by atoms with van der Waals surface area (Å²) in [5.41, 5.74) is 5.45. The molecular formula is C34H16Br6N8O2. The second kappa shape index (κ2) is 12.2. The zero-order valence-electron chi connectivity index (χ0n) is 25.4. The van der Waals surface area contributed by atoms with Crippen molar-refractivity contribution >= 4 is 140 Å². The van der Waals surface area contributed by atoms with E-state index >= 15 is 0 Å². The lowest BCUT2D eigenvalue weighted by molar-refractivity contribution is 0.356. The molecule has 50 heavy (non-hydrogen) atoms. The highest BCUT2D eigenvalue weighted by Gasteiger charge is 2.25. The first-order chi connectivity index (χ1) is 24.1. The summed E-state index contributed by atoms with van der Waals surface area (Å²) in [6, 6.07) is 15.7. The maximum atomic E-state index is 5.69. The molecule has 7 aromatic rings. The number of halogens is 6. The predicted molar refractivity (Wildman–Crippen MR) is 215 cm³/mol. The molecular weight excluding hydrogens is 1030 g/mol. The van der Waals surface area contributed by atoms with E-state index < -0.39 is 0 Å². The van der Waals surface area contributed by atoms with Crippen LogP contribution in [0.5, 0.6) is 11.5 Å². The van der Waals surface area contributed by atoms with Gasteiger partial charge < -0.3 is 19.4 Å². The van der Waals surface area contributed by atoms with Crippen molar-refractivity contribution in [3.8, 4) is 57.1 Å². The number of fused-ring (bicyclic) bond motifs is 20. The molecule has 3 aromatic heterocycles. The molecule has 0 spiro atoms. The second-order valence-corrected chi connectivity index (χ2v) is 16.4. The van der Waals surface area contributed by atoms with Gasteiger partial charge in [-0.15, -0.1) is 0 Å². The molecule has 9 rings (SSSR count). The monoisotopic (exact) mass is 1040 g/mol. The average Bonchev–Trinajstić information content (AvgIpc) is 3.80. The predicted octanol–water partition coefficient (Wildman–Crippen LogP) is 11.5. The van der Waals surface area contributed by atoms with Crippen LogP contribution in [-0.2, 0) is 0 Å². The highest BCUT2D eigenvalue weighted by atomic mass is 79.9. The van der Waals surface area contributed by atoms with Crippen molar-refractivity contribution in [1.29, 1.82) is 0 Å². The van der Waals surface area contributed by atoms with Gasteiger partial charge >= 0.3 is 0 Å². The number of methoxy groups -OCH3 is 2. The number of benzene rings is 4. The number of aromatic amines is 2. The summed E-state index contributed by atoms with van der Waals surface area (Å²) < 4.78 is 16.5. The van der Waals surface area contributed by atoms with Crippen molar-refractivity contribution in [2.45, 2.75) is 0 Å². The van der Waals surface area contributed by atoms with Gasteiger partial charge in [0, 0.05) is 70.6 Å². The fourth-order valence-corrected chi connectivity index (χ4v) is 8.16. The van der Waals surface area contributed by atoms with E-state index in [0.717, 1.165) is 70.6 Å². The minimum Gasteiger partial charge on any atom is -0.493 e. The maximum Gasteiger partial charge on any atom is 0.164 e. The van der Waals surface area contributed by atoms with Crippen LogP contribution >= 0.6 is 95.6 Å². The Balaban J connectivity index is 1.51. The molecule has 0 saturated carbocycles. The minimum atomic E-state index is 0.473. The third-order valence-electron chi connectivity index (χ3n) is 8.46. The molecule has 5 heterocycles. The minimum absolute atomic E-state index is 0.473. The van der Waals surface area contributed by atoms with Crippen LogP contribution in [0.3, 0.4) is 0 Å². The molecule has 0 saturated heterocycles. The van der Waals surface area contributed by atoms with E-state index in [9.17, 15) is 0 Å². The van der Waals surface area contributed by atoms with Crippen molar-refractivity contribution < 1.29 is 9.47 Å². The van der Waals surface area contributed by atoms with Crippen LogP contribution in [0.25, 0.3) is 89.7 Å². The van der Waals surface area contributed by atoms with E-state index in [2.05, 4.69) is 106 Å². The third kappa shape index (κ3) is 5.16. The van der Waals surface area contributed by atoms with Crippen molar-refractivity contribution in [2.75, 3.05) is 14.2 Å². The fourth-order valence-electron chi connectivity index (χ4n) is 6.10. The molecule has 0 aliphatic carbocycles. The molecule has 0 atom stereocenters. The molecule has 0 unspecified atom stereocenters. The summed E-state index contributed by atoms with van der Waals surface area (Å²) in [5.74, 6) is 3.02. The number of ether oxygens (including phenoxy) is 2. The van der Waals surface area contributed by atoms with Gasteiger partial charge in [0.2, 0.25) is 0 Å². The Morgan fingerprint density at radius 3 is 0.920 bits per heavy atom. The molecule has 10 nitrogen and oxygen atoms in total. The summed E-state index contributed by atoms with van der Waals surface area (Å²) in [7, 11) is 3.20. The first-order valence-electron chi connectivity index (χ1n) is 14.7. The number of hydrogen-bond donors (Lipinski definition) is 2. The Bertz CT molecular complexity index is 2650. The highest BCUT2D eigenvalue weighted by Crippen LogP contribution is 2.43. The maximum absolute atomic E-state index is 5.69. The Hall–Kier alpha value is -3.28. The SMILES string of the molecule is COc1cc2c3nc4nc(nc5[nH]c(nc6nc(nc([nH]3)c2cc1OC)-c1cc(Br)c(Br)cc1-6)c1cc(Br)c(Br)cc51)-c1cc(Br)c(Br)cc1-4. The Morgan fingerprint density at radius 1 is 0.380 bits per heavy atom. The molecule has 0 amide bonds. The first kappa shape index (κ1) is 32.6. The van der Waals surface area contributed by atoms with Gasteiger partial charge in [0.05, 0.1) is 14.2 Å². The van der Waals surface area contributed by atoms with Crippen LogP contribution in [0.2, 0.25) is 0 Å². The lowest BCUT2D eigenvalue weighted by atomic mass is 10.1. The van der Waals surface area contributed by atoms with Gasteiger partial charge in [0.1, 0.15) is 22.6 Å². The number of rotatable bonds is 2. The molecule has 246 valence electrons. The van der Waals surface area contributed by atoms with E-state index in [1.54, 1.807) is 14.2 Å². The van der Waals surface area contributed by atoms with E-state index in [0.29, 0.717) is 57.4 Å². The van der Waals surface area contributed by atoms with Gasteiger partial charge in [0.25, 0.3) is 0 Å². The quantitative estimate of drug-likeness (QED) is 0.175. The van der Waals surface area contributed by atoms with Gasteiger partial charge in [-0.05, 0) is 144 Å². The summed E-state index contributed by atoms with van der Waals surface area (Å²) in [6.07, 6.45) is 0. The van der Waals surface area contributed by atoms with Crippen LogP contribution in [0.4, 0.5) is 0 Å². The van der Waals surface area contributed by atoms with Gasteiger partial charge in [-0.25, -0.2) is 29.9 Å². The molecule has 2 aliphatic rings. The van der Waals surface area contributed by atoms with Crippen LogP contribution in [0, 0.1) is 0 Å². The molecule has 4 aromatic carbocycles. The van der Waals surface area contributed by atoms with Crippen molar-refractivity contribution in [2.24, 2.45) is 0 Å². The topological polar surface area (TPSA) is 127 Å². The Morgan fingerprint density at radius 2 is 0.640 bits per heavy atom. The largest absolute Gasteiger partial charge is 0.493 e. The van der Waals surface area contributed by atoms with Crippen molar-refractivity contribution in [1.82, 2.24) is 39.9 Å². The van der Waals surface area contributed by atoms with Gasteiger partial charge in [-0.2, -0.15) is 0 Å². The molecule has 16 heteroatoms. The highest BCUT2D eigenvalue weighted by molar-refractivity contribution is 9.13. The average molecular weight is 1050 g/mol. The molecule has 0 fully saturated rings. The number of nitrogens with zero attached hydrogens (tertiary/aromatic N) is 6. The molecule has 0 radical (unpaired) electrons. The van der Waals surface area contributed by atoms with Gasteiger partial charge in [-0.1, -0.05) is 0 Å².